The molecule has 1 fully saturated rings. The number of likely N-dealkylation sites (tertiary alicyclic amines) is 1. The summed E-state index contributed by atoms with van der Waals surface area (Å²) in [6.45, 7) is 6.10. The number of carbonyl (C=O) groups excluding carboxylic acids is 1. The lowest BCUT2D eigenvalue weighted by atomic mass is 10.0. The first-order chi connectivity index (χ1) is 13.1. The molecule has 1 aliphatic heterocycles. The number of piperidine rings is 1. The first-order valence-corrected chi connectivity index (χ1v) is 9.56. The van der Waals surface area contributed by atoms with Crippen molar-refractivity contribution in [2.45, 2.75) is 38.8 Å². The van der Waals surface area contributed by atoms with Crippen LogP contribution in [-0.4, -0.2) is 34.9 Å². The molecule has 5 nitrogen and oxygen atoms in total. The molecule has 0 aliphatic carbocycles. The van der Waals surface area contributed by atoms with Gasteiger partial charge in [0.05, 0.1) is 0 Å². The van der Waals surface area contributed by atoms with Crippen LogP contribution >= 0.6 is 0 Å². The van der Waals surface area contributed by atoms with Crippen LogP contribution in [0, 0.1) is 6.92 Å². The highest BCUT2D eigenvalue weighted by Gasteiger charge is 2.26. The van der Waals surface area contributed by atoms with Gasteiger partial charge in [-0.3, -0.25) is 14.7 Å². The number of nitrogens with one attached hydrogen (secondary N) is 1. The summed E-state index contributed by atoms with van der Waals surface area (Å²) in [5.74, 6) is 0.327. The second kappa shape index (κ2) is 7.53. The molecule has 5 heteroatoms. The van der Waals surface area contributed by atoms with E-state index < -0.39 is 0 Å². The number of rotatable bonds is 4. The smallest absolute Gasteiger partial charge is 0.287 e. The minimum atomic E-state index is -0.107. The number of hydrogen-bond acceptors (Lipinski definition) is 4. The van der Waals surface area contributed by atoms with Gasteiger partial charge in [-0.1, -0.05) is 18.2 Å². The predicted octanol–water partition coefficient (Wildman–Crippen LogP) is 4.09. The number of fused-ring (bicyclic) bond motifs is 1. The number of hydrogen-bond donors (Lipinski definition) is 1. The number of aromatic nitrogens is 1. The molecule has 3 heterocycles. The summed E-state index contributed by atoms with van der Waals surface area (Å²) < 4.78 is 5.79. The molecule has 27 heavy (non-hydrogen) atoms. The number of pyridine rings is 1. The largest absolute Gasteiger partial charge is 0.451 e. The maximum absolute atomic E-state index is 12.7. The van der Waals surface area contributed by atoms with Crippen LogP contribution in [0.4, 0.5) is 0 Å². The normalized spacial score (nSPS) is 17.1. The van der Waals surface area contributed by atoms with E-state index in [-0.39, 0.29) is 11.9 Å². The summed E-state index contributed by atoms with van der Waals surface area (Å²) in [5, 5.41) is 4.17. The molecule has 1 N–H and O–H groups in total. The number of benzene rings is 1. The van der Waals surface area contributed by atoms with E-state index in [1.165, 1.54) is 5.56 Å². The van der Waals surface area contributed by atoms with Crippen LogP contribution in [0.3, 0.4) is 0 Å². The Kier molecular flexibility index (Phi) is 4.94. The van der Waals surface area contributed by atoms with Crippen molar-refractivity contribution < 1.29 is 9.21 Å². The number of furan rings is 1. The fraction of sp³-hybridized carbons (Fsp3) is 0.364. The van der Waals surface area contributed by atoms with E-state index in [1.807, 2.05) is 43.6 Å². The molecule has 1 atom stereocenters. The fourth-order valence-electron chi connectivity index (χ4n) is 3.93. The maximum Gasteiger partial charge on any atom is 0.287 e. The van der Waals surface area contributed by atoms with Crippen molar-refractivity contribution in [3.8, 4) is 0 Å². The van der Waals surface area contributed by atoms with Gasteiger partial charge >= 0.3 is 0 Å². The van der Waals surface area contributed by atoms with Gasteiger partial charge in [-0.25, -0.2) is 0 Å². The van der Waals surface area contributed by atoms with Crippen molar-refractivity contribution in [2.24, 2.45) is 0 Å². The molecule has 3 aromatic rings. The summed E-state index contributed by atoms with van der Waals surface area (Å²) in [7, 11) is 0. The van der Waals surface area contributed by atoms with Crippen LogP contribution in [0.15, 0.2) is 53.2 Å². The summed E-state index contributed by atoms with van der Waals surface area (Å²) in [5.41, 5.74) is 2.96. The molecule has 1 unspecified atom stereocenters. The van der Waals surface area contributed by atoms with Crippen molar-refractivity contribution in [3.63, 3.8) is 0 Å². The average molecular weight is 363 g/mol. The van der Waals surface area contributed by atoms with Crippen molar-refractivity contribution in [2.75, 3.05) is 13.1 Å². The van der Waals surface area contributed by atoms with Crippen LogP contribution in [0.25, 0.3) is 11.0 Å². The third kappa shape index (κ3) is 3.60. The average Bonchev–Trinajstić information content (AvgIpc) is 3.06. The van der Waals surface area contributed by atoms with E-state index in [4.69, 9.17) is 4.42 Å². The van der Waals surface area contributed by atoms with Crippen molar-refractivity contribution in [1.82, 2.24) is 15.2 Å². The van der Waals surface area contributed by atoms with Gasteiger partial charge in [0.15, 0.2) is 5.76 Å². The minimum absolute atomic E-state index is 0.107. The van der Waals surface area contributed by atoms with Crippen LogP contribution in [0.1, 0.15) is 47.5 Å². The van der Waals surface area contributed by atoms with Crippen LogP contribution in [0.2, 0.25) is 0 Å². The van der Waals surface area contributed by atoms with E-state index in [9.17, 15) is 4.79 Å². The predicted molar refractivity (Wildman–Crippen MR) is 106 cm³/mol. The molecular weight excluding hydrogens is 338 g/mol. The Labute approximate surface area is 159 Å². The van der Waals surface area contributed by atoms with Crippen molar-refractivity contribution in [1.29, 1.82) is 0 Å². The van der Waals surface area contributed by atoms with Gasteiger partial charge in [-0.2, -0.15) is 0 Å². The number of aryl methyl sites for hydroxylation is 1. The van der Waals surface area contributed by atoms with E-state index in [2.05, 4.69) is 34.3 Å². The zero-order valence-corrected chi connectivity index (χ0v) is 15.8. The Morgan fingerprint density at radius 1 is 1.19 bits per heavy atom. The first kappa shape index (κ1) is 17.7. The van der Waals surface area contributed by atoms with Gasteiger partial charge in [0.1, 0.15) is 5.58 Å². The Morgan fingerprint density at radius 3 is 2.59 bits per heavy atom. The monoisotopic (exact) mass is 363 g/mol. The zero-order chi connectivity index (χ0) is 18.8. The minimum Gasteiger partial charge on any atom is -0.451 e. The summed E-state index contributed by atoms with van der Waals surface area (Å²) in [4.78, 5) is 19.3. The number of para-hydroxylation sites is 1. The lowest BCUT2D eigenvalue weighted by Crippen LogP contribution is -2.45. The van der Waals surface area contributed by atoms with Crippen molar-refractivity contribution in [3.05, 3.63) is 65.7 Å². The first-order valence-electron chi connectivity index (χ1n) is 9.56. The SMILES string of the molecule is Cc1c(C(=O)NC2CCN(C(C)c3ccncc3)CC2)oc2ccccc12. The van der Waals surface area contributed by atoms with Crippen LogP contribution in [0.5, 0.6) is 0 Å². The molecule has 4 rings (SSSR count). The van der Waals surface area contributed by atoms with Crippen molar-refractivity contribution >= 4 is 16.9 Å². The third-order valence-corrected chi connectivity index (χ3v) is 5.65. The molecule has 0 spiro atoms. The third-order valence-electron chi connectivity index (χ3n) is 5.65. The second-order valence-electron chi connectivity index (χ2n) is 7.29. The standard InChI is InChI=1S/C22H25N3O2/c1-15-19-5-3-4-6-20(19)27-21(15)22(26)24-18-9-13-25(14-10-18)16(2)17-7-11-23-12-8-17/h3-8,11-12,16,18H,9-10,13-14H2,1-2H3,(H,24,26). The Bertz CT molecular complexity index is 927. The van der Waals surface area contributed by atoms with Gasteiger partial charge in [0.2, 0.25) is 0 Å². The summed E-state index contributed by atoms with van der Waals surface area (Å²) >= 11 is 0. The molecule has 1 saturated heterocycles. The highest BCUT2D eigenvalue weighted by atomic mass is 16.3. The molecule has 2 aromatic heterocycles. The van der Waals surface area contributed by atoms with Gasteiger partial charge in [0.25, 0.3) is 5.91 Å². The van der Waals surface area contributed by atoms with Gasteiger partial charge in [0, 0.05) is 48.5 Å². The Morgan fingerprint density at radius 2 is 1.89 bits per heavy atom. The maximum atomic E-state index is 12.7. The lowest BCUT2D eigenvalue weighted by Gasteiger charge is -2.36. The van der Waals surface area contributed by atoms with Crippen LogP contribution in [-0.2, 0) is 0 Å². The summed E-state index contributed by atoms with van der Waals surface area (Å²) in [6.07, 6.45) is 5.57. The fourth-order valence-corrected chi connectivity index (χ4v) is 3.93. The zero-order valence-electron chi connectivity index (χ0n) is 15.8. The van der Waals surface area contributed by atoms with Gasteiger partial charge < -0.3 is 9.73 Å². The Balaban J connectivity index is 1.37. The van der Waals surface area contributed by atoms with E-state index in [0.717, 1.165) is 42.5 Å². The summed E-state index contributed by atoms with van der Waals surface area (Å²) in [6, 6.07) is 12.5. The highest BCUT2D eigenvalue weighted by molar-refractivity contribution is 5.99. The van der Waals surface area contributed by atoms with E-state index >= 15 is 0 Å². The molecule has 1 aromatic carbocycles. The quantitative estimate of drug-likeness (QED) is 0.758. The topological polar surface area (TPSA) is 58.4 Å². The molecule has 0 saturated carbocycles. The van der Waals surface area contributed by atoms with E-state index in [1.54, 1.807) is 0 Å². The van der Waals surface area contributed by atoms with Gasteiger partial charge in [-0.15, -0.1) is 0 Å². The number of nitrogens with zero attached hydrogens (tertiary/aromatic N) is 2. The number of amides is 1. The molecule has 1 aliphatic rings. The molecule has 1 amide bonds. The van der Waals surface area contributed by atoms with Crippen LogP contribution < -0.4 is 5.32 Å². The van der Waals surface area contributed by atoms with E-state index in [0.29, 0.717) is 11.8 Å². The number of carbonyl (C=O) groups is 1. The lowest BCUT2D eigenvalue weighted by molar-refractivity contribution is 0.0870. The molecular formula is C22H25N3O2. The second-order valence-corrected chi connectivity index (χ2v) is 7.29. The molecule has 0 bridgehead atoms. The molecule has 140 valence electrons. The molecule has 0 radical (unpaired) electrons. The Hall–Kier alpha value is -2.66. The van der Waals surface area contributed by atoms with Gasteiger partial charge in [-0.05, 0) is 50.5 Å². The highest BCUT2D eigenvalue weighted by Crippen LogP contribution is 2.26.